The van der Waals surface area contributed by atoms with Crippen LogP contribution in [0, 0.1) is 0 Å². The minimum atomic E-state index is -1.18. The number of aliphatic carboxylic acids is 1. The maximum absolute atomic E-state index is 10.4. The molecule has 0 heterocycles. The Balaban J connectivity index is 3.54. The minimum Gasteiger partial charge on any atom is -0.480 e. The van der Waals surface area contributed by atoms with Gasteiger partial charge < -0.3 is 15.2 Å². The first-order chi connectivity index (χ1) is 5.07. The number of hydrogen-bond acceptors (Lipinski definition) is 3. The number of ether oxygens (including phenoxy) is 1. The second kappa shape index (κ2) is 4.79. The summed E-state index contributed by atoms with van der Waals surface area (Å²) in [6, 6.07) is 0. The van der Waals surface area contributed by atoms with Crippen molar-refractivity contribution in [2.24, 2.45) is 0 Å². The van der Waals surface area contributed by atoms with Crippen LogP contribution in [0.2, 0.25) is 0 Å². The Bertz CT molecular complexity index is 161. The van der Waals surface area contributed by atoms with E-state index < -0.39 is 17.4 Å². The summed E-state index contributed by atoms with van der Waals surface area (Å²) in [6.45, 7) is -0.149. The van der Waals surface area contributed by atoms with Crippen LogP contribution in [0.5, 0.6) is 0 Å². The number of rotatable bonds is 3. The van der Waals surface area contributed by atoms with Crippen LogP contribution < -0.4 is 5.32 Å². The number of alkyl carbamates (subject to hydrolysis) is 1. The van der Waals surface area contributed by atoms with Gasteiger partial charge in [-0.15, -0.1) is 11.6 Å². The number of nitrogens with one attached hydrogen (secondary N) is 1. The van der Waals surface area contributed by atoms with Crippen molar-refractivity contribution in [2.75, 3.05) is 13.7 Å². The molecule has 1 amide bonds. The number of carbonyl (C=O) groups excluding carboxylic acids is 1. The van der Waals surface area contributed by atoms with Crippen LogP contribution in [0.1, 0.15) is 0 Å². The molecular weight excluding hydrogens is 174 g/mol. The Kier molecular flexibility index (Phi) is 4.36. The van der Waals surface area contributed by atoms with Crippen molar-refractivity contribution >= 4 is 23.7 Å². The zero-order valence-electron chi connectivity index (χ0n) is 5.83. The van der Waals surface area contributed by atoms with E-state index in [0.717, 1.165) is 0 Å². The molecule has 5 nitrogen and oxygen atoms in total. The smallest absolute Gasteiger partial charge is 0.406 e. The van der Waals surface area contributed by atoms with Crippen LogP contribution in [0.4, 0.5) is 4.79 Å². The van der Waals surface area contributed by atoms with Crippen molar-refractivity contribution in [1.29, 1.82) is 0 Å². The maximum Gasteiger partial charge on any atom is 0.406 e. The fourth-order valence-electron chi connectivity index (χ4n) is 0.332. The highest BCUT2D eigenvalue weighted by Crippen LogP contribution is 1.92. The van der Waals surface area contributed by atoms with Crippen LogP contribution in [-0.4, -0.2) is 36.2 Å². The average molecular weight is 182 g/mol. The van der Waals surface area contributed by atoms with Crippen molar-refractivity contribution in [3.8, 4) is 0 Å². The first-order valence-corrected chi connectivity index (χ1v) is 3.20. The molecule has 0 saturated carbocycles. The van der Waals surface area contributed by atoms with Crippen molar-refractivity contribution in [1.82, 2.24) is 5.32 Å². The van der Waals surface area contributed by atoms with Crippen LogP contribution >= 0.6 is 11.6 Å². The molecule has 0 spiro atoms. The van der Waals surface area contributed by atoms with Crippen molar-refractivity contribution in [3.05, 3.63) is 0 Å². The molecule has 11 heavy (non-hydrogen) atoms. The lowest BCUT2D eigenvalue weighted by atomic mass is 10.4. The molecule has 0 bridgehead atoms. The van der Waals surface area contributed by atoms with Gasteiger partial charge in [0.15, 0.2) is 0 Å². The van der Waals surface area contributed by atoms with Gasteiger partial charge in [-0.25, -0.2) is 4.79 Å². The van der Waals surface area contributed by atoms with Gasteiger partial charge in [-0.2, -0.15) is 0 Å². The molecule has 0 rings (SSSR count). The minimum absolute atomic E-state index is 0.149. The standard InChI is InChI=1S/C5H8ClNO4/c1-11-5(10)7-2-3(6)4(8)9/h3H,2H2,1H3,(H,7,10)(H,8,9)/t3-/m1/s1. The molecule has 0 aromatic heterocycles. The Labute approximate surface area is 68.3 Å². The summed E-state index contributed by atoms with van der Waals surface area (Å²) in [4.78, 5) is 20.4. The molecule has 0 aromatic carbocycles. The highest BCUT2D eigenvalue weighted by molar-refractivity contribution is 6.29. The lowest BCUT2D eigenvalue weighted by molar-refractivity contribution is -0.136. The van der Waals surface area contributed by atoms with E-state index in [1.165, 1.54) is 7.11 Å². The van der Waals surface area contributed by atoms with Crippen LogP contribution in [0.3, 0.4) is 0 Å². The summed E-state index contributed by atoms with van der Waals surface area (Å²) in [6.07, 6.45) is -0.697. The number of carbonyl (C=O) groups is 2. The fourth-order valence-corrected chi connectivity index (χ4v) is 0.410. The number of methoxy groups -OCH3 is 1. The van der Waals surface area contributed by atoms with E-state index in [4.69, 9.17) is 16.7 Å². The monoisotopic (exact) mass is 181 g/mol. The summed E-state index contributed by atoms with van der Waals surface area (Å²) in [5.74, 6) is -1.18. The predicted molar refractivity (Wildman–Crippen MR) is 37.7 cm³/mol. The van der Waals surface area contributed by atoms with Gasteiger partial charge in [-0.1, -0.05) is 0 Å². The summed E-state index contributed by atoms with van der Waals surface area (Å²) in [5, 5.41) is 9.27. The average Bonchev–Trinajstić information content (AvgIpc) is 1.99. The zero-order valence-corrected chi connectivity index (χ0v) is 6.59. The fraction of sp³-hybridized carbons (Fsp3) is 0.600. The van der Waals surface area contributed by atoms with E-state index in [1.54, 1.807) is 0 Å². The zero-order chi connectivity index (χ0) is 8.85. The molecular formula is C5H8ClNO4. The van der Waals surface area contributed by atoms with E-state index in [2.05, 4.69) is 10.1 Å². The SMILES string of the molecule is COC(=O)NC[C@@H](Cl)C(=O)O. The largest absolute Gasteiger partial charge is 0.480 e. The molecule has 0 aliphatic carbocycles. The highest BCUT2D eigenvalue weighted by atomic mass is 35.5. The number of carboxylic acids is 1. The number of carboxylic acid groups (broad SMARTS) is 1. The van der Waals surface area contributed by atoms with Gasteiger partial charge >= 0.3 is 12.1 Å². The summed E-state index contributed by atoms with van der Waals surface area (Å²) >= 11 is 5.25. The summed E-state index contributed by atoms with van der Waals surface area (Å²) in [7, 11) is 1.18. The Morgan fingerprint density at radius 1 is 1.73 bits per heavy atom. The lowest BCUT2D eigenvalue weighted by Gasteiger charge is -2.04. The molecule has 2 N–H and O–H groups in total. The molecule has 0 unspecified atom stereocenters. The van der Waals surface area contributed by atoms with E-state index in [0.29, 0.717) is 0 Å². The summed E-state index contributed by atoms with van der Waals surface area (Å²) < 4.78 is 4.18. The maximum atomic E-state index is 10.4. The van der Waals surface area contributed by atoms with E-state index in [-0.39, 0.29) is 6.54 Å². The normalized spacial score (nSPS) is 11.8. The van der Waals surface area contributed by atoms with E-state index >= 15 is 0 Å². The van der Waals surface area contributed by atoms with Gasteiger partial charge in [0, 0.05) is 6.54 Å². The van der Waals surface area contributed by atoms with Gasteiger partial charge in [0.05, 0.1) is 7.11 Å². The lowest BCUT2D eigenvalue weighted by Crippen LogP contribution is -2.33. The third kappa shape index (κ3) is 4.44. The third-order valence-corrected chi connectivity index (χ3v) is 1.22. The second-order valence-corrected chi connectivity index (χ2v) is 2.21. The molecule has 64 valence electrons. The van der Waals surface area contributed by atoms with Crippen LogP contribution in [-0.2, 0) is 9.53 Å². The van der Waals surface area contributed by atoms with Gasteiger partial charge in [0.25, 0.3) is 0 Å². The van der Waals surface area contributed by atoms with Gasteiger partial charge in [-0.3, -0.25) is 4.79 Å². The molecule has 0 saturated heterocycles. The highest BCUT2D eigenvalue weighted by Gasteiger charge is 2.13. The predicted octanol–water partition coefficient (Wildman–Crippen LogP) is 0.0344. The molecule has 0 fully saturated rings. The topological polar surface area (TPSA) is 75.6 Å². The summed E-state index contributed by atoms with van der Waals surface area (Å²) in [5.41, 5.74) is 0. The third-order valence-electron chi connectivity index (χ3n) is 0.879. The molecule has 0 aliphatic rings. The molecule has 1 atom stereocenters. The number of hydrogen-bond donors (Lipinski definition) is 2. The number of amides is 1. The molecule has 0 aliphatic heterocycles. The Morgan fingerprint density at radius 3 is 2.64 bits per heavy atom. The van der Waals surface area contributed by atoms with Crippen molar-refractivity contribution in [3.63, 3.8) is 0 Å². The van der Waals surface area contributed by atoms with Gasteiger partial charge in [-0.05, 0) is 0 Å². The van der Waals surface area contributed by atoms with Crippen molar-refractivity contribution in [2.45, 2.75) is 5.38 Å². The number of halogens is 1. The number of alkyl halides is 1. The second-order valence-electron chi connectivity index (χ2n) is 1.68. The Hall–Kier alpha value is -0.970. The van der Waals surface area contributed by atoms with Crippen molar-refractivity contribution < 1.29 is 19.4 Å². The molecule has 6 heteroatoms. The first kappa shape index (κ1) is 10.0. The Morgan fingerprint density at radius 2 is 2.27 bits per heavy atom. The first-order valence-electron chi connectivity index (χ1n) is 2.76. The quantitative estimate of drug-likeness (QED) is 0.603. The molecule has 0 aromatic rings. The van der Waals surface area contributed by atoms with E-state index in [1.807, 2.05) is 0 Å². The molecule has 0 radical (unpaired) electrons. The van der Waals surface area contributed by atoms with Gasteiger partial charge in [0.1, 0.15) is 5.38 Å². The van der Waals surface area contributed by atoms with E-state index in [9.17, 15) is 9.59 Å². The van der Waals surface area contributed by atoms with Crippen LogP contribution in [0.15, 0.2) is 0 Å². The van der Waals surface area contributed by atoms with Crippen LogP contribution in [0.25, 0.3) is 0 Å². The van der Waals surface area contributed by atoms with Gasteiger partial charge in [0.2, 0.25) is 0 Å².